The number of rotatable bonds is 6. The number of H-pyrrole nitrogens is 1. The molecule has 0 amide bonds. The summed E-state index contributed by atoms with van der Waals surface area (Å²) in [5, 5.41) is 9.08. The summed E-state index contributed by atoms with van der Waals surface area (Å²) in [6.07, 6.45) is 0. The average Bonchev–Trinajstić information content (AvgIpc) is 3.00. The van der Waals surface area contributed by atoms with Crippen LogP contribution >= 0.6 is 0 Å². The molecular formula is C18H18N2O4. The fourth-order valence-corrected chi connectivity index (χ4v) is 2.48. The molecule has 0 saturated carbocycles. The third-order valence-electron chi connectivity index (χ3n) is 3.55. The molecular weight excluding hydrogens is 308 g/mol. The number of ether oxygens (including phenoxy) is 2. The van der Waals surface area contributed by atoms with Crippen molar-refractivity contribution in [3.05, 3.63) is 42.0 Å². The zero-order valence-corrected chi connectivity index (χ0v) is 13.5. The highest BCUT2D eigenvalue weighted by molar-refractivity contribution is 5.93. The molecule has 6 heteroatoms. The molecule has 6 nitrogen and oxygen atoms in total. The highest BCUT2D eigenvalue weighted by atomic mass is 16.5. The first kappa shape index (κ1) is 15.9. The number of aromatic amines is 1. The fourth-order valence-electron chi connectivity index (χ4n) is 2.48. The Morgan fingerprint density at radius 1 is 1.08 bits per heavy atom. The maximum Gasteiger partial charge on any atom is 0.335 e. The molecule has 0 saturated heterocycles. The second-order valence-corrected chi connectivity index (χ2v) is 5.15. The number of carbonyl (C=O) groups is 1. The lowest BCUT2D eigenvalue weighted by Crippen LogP contribution is -1.98. The lowest BCUT2D eigenvalue weighted by Gasteiger charge is -2.11. The summed E-state index contributed by atoms with van der Waals surface area (Å²) in [6, 6.07) is 10.4. The van der Waals surface area contributed by atoms with E-state index in [1.165, 1.54) is 0 Å². The van der Waals surface area contributed by atoms with Gasteiger partial charge in [-0.1, -0.05) is 0 Å². The molecule has 24 heavy (non-hydrogen) atoms. The summed E-state index contributed by atoms with van der Waals surface area (Å²) in [5.41, 5.74) is 2.45. The van der Waals surface area contributed by atoms with Crippen molar-refractivity contribution in [1.29, 1.82) is 0 Å². The van der Waals surface area contributed by atoms with Crippen molar-refractivity contribution >= 4 is 17.0 Å². The van der Waals surface area contributed by atoms with Crippen LogP contribution in [0.1, 0.15) is 24.2 Å². The van der Waals surface area contributed by atoms with E-state index >= 15 is 0 Å². The molecule has 0 bridgehead atoms. The highest BCUT2D eigenvalue weighted by Crippen LogP contribution is 2.32. The topological polar surface area (TPSA) is 84.4 Å². The van der Waals surface area contributed by atoms with E-state index < -0.39 is 5.97 Å². The maximum atomic E-state index is 11.1. The normalized spacial score (nSPS) is 10.8. The lowest BCUT2D eigenvalue weighted by atomic mass is 10.2. The Hall–Kier alpha value is -3.02. The molecule has 0 aliphatic heterocycles. The standard InChI is InChI=1S/C18H18N2O4/c1-3-23-15-8-6-11(10-16(15)24-4-2)17-19-13-7-5-12(18(21)22)9-14(13)20-17/h5-10H,3-4H2,1-2H3,(H,19,20)(H,21,22). The Labute approximate surface area is 139 Å². The molecule has 0 radical (unpaired) electrons. The predicted octanol–water partition coefficient (Wildman–Crippen LogP) is 3.73. The Balaban J connectivity index is 2.03. The van der Waals surface area contributed by atoms with Crippen LogP contribution in [-0.2, 0) is 0 Å². The van der Waals surface area contributed by atoms with E-state index in [1.54, 1.807) is 18.2 Å². The van der Waals surface area contributed by atoms with Crippen LogP contribution in [0.25, 0.3) is 22.4 Å². The molecule has 1 aromatic heterocycles. The Morgan fingerprint density at radius 3 is 2.54 bits per heavy atom. The maximum absolute atomic E-state index is 11.1. The molecule has 0 atom stereocenters. The average molecular weight is 326 g/mol. The number of nitrogens with one attached hydrogen (secondary N) is 1. The minimum atomic E-state index is -0.965. The van der Waals surface area contributed by atoms with E-state index in [0.29, 0.717) is 41.6 Å². The molecule has 0 aliphatic carbocycles. The van der Waals surface area contributed by atoms with Gasteiger partial charge in [0.1, 0.15) is 5.82 Å². The Kier molecular flexibility index (Phi) is 4.37. The number of carboxylic acids is 1. The van der Waals surface area contributed by atoms with Crippen molar-refractivity contribution in [2.45, 2.75) is 13.8 Å². The number of imidazole rings is 1. The van der Waals surface area contributed by atoms with Crippen molar-refractivity contribution in [3.8, 4) is 22.9 Å². The SMILES string of the molecule is CCOc1ccc(-c2nc3ccc(C(=O)O)cc3[nH]2)cc1OCC. The van der Waals surface area contributed by atoms with Crippen LogP contribution in [0.15, 0.2) is 36.4 Å². The highest BCUT2D eigenvalue weighted by Gasteiger charge is 2.12. The molecule has 1 heterocycles. The van der Waals surface area contributed by atoms with E-state index in [2.05, 4.69) is 9.97 Å². The molecule has 2 aromatic carbocycles. The van der Waals surface area contributed by atoms with Crippen LogP contribution < -0.4 is 9.47 Å². The van der Waals surface area contributed by atoms with Gasteiger partial charge in [0, 0.05) is 5.56 Å². The van der Waals surface area contributed by atoms with Gasteiger partial charge in [-0.2, -0.15) is 0 Å². The molecule has 0 fully saturated rings. The third kappa shape index (κ3) is 3.03. The van der Waals surface area contributed by atoms with Gasteiger partial charge in [-0.3, -0.25) is 0 Å². The third-order valence-corrected chi connectivity index (χ3v) is 3.55. The zero-order valence-electron chi connectivity index (χ0n) is 13.5. The summed E-state index contributed by atoms with van der Waals surface area (Å²) < 4.78 is 11.2. The van der Waals surface area contributed by atoms with Gasteiger partial charge in [-0.05, 0) is 50.2 Å². The largest absolute Gasteiger partial charge is 0.490 e. The van der Waals surface area contributed by atoms with Gasteiger partial charge in [0.05, 0.1) is 29.8 Å². The summed E-state index contributed by atoms with van der Waals surface area (Å²) in [5.74, 6) is 1.03. The smallest absolute Gasteiger partial charge is 0.335 e. The van der Waals surface area contributed by atoms with Crippen molar-refractivity contribution in [3.63, 3.8) is 0 Å². The van der Waals surface area contributed by atoms with Gasteiger partial charge < -0.3 is 19.6 Å². The van der Waals surface area contributed by atoms with Crippen LogP contribution in [0.2, 0.25) is 0 Å². The quantitative estimate of drug-likeness (QED) is 0.721. The molecule has 0 unspecified atom stereocenters. The number of nitrogens with zero attached hydrogens (tertiary/aromatic N) is 1. The minimum absolute atomic E-state index is 0.222. The van der Waals surface area contributed by atoms with Gasteiger partial charge in [0.15, 0.2) is 11.5 Å². The molecule has 2 N–H and O–H groups in total. The van der Waals surface area contributed by atoms with E-state index in [4.69, 9.17) is 14.6 Å². The number of aromatic nitrogens is 2. The Bertz CT molecular complexity index is 886. The van der Waals surface area contributed by atoms with Crippen LogP contribution in [0.5, 0.6) is 11.5 Å². The number of benzene rings is 2. The summed E-state index contributed by atoms with van der Waals surface area (Å²) in [4.78, 5) is 18.7. The van der Waals surface area contributed by atoms with E-state index in [0.717, 1.165) is 5.56 Å². The first-order valence-electron chi connectivity index (χ1n) is 7.75. The second-order valence-electron chi connectivity index (χ2n) is 5.15. The van der Waals surface area contributed by atoms with Crippen molar-refractivity contribution in [2.75, 3.05) is 13.2 Å². The van der Waals surface area contributed by atoms with Crippen molar-refractivity contribution in [2.24, 2.45) is 0 Å². The van der Waals surface area contributed by atoms with Crippen LogP contribution in [-0.4, -0.2) is 34.3 Å². The molecule has 3 rings (SSSR count). The fraction of sp³-hybridized carbons (Fsp3) is 0.222. The monoisotopic (exact) mass is 326 g/mol. The number of hydrogen-bond acceptors (Lipinski definition) is 4. The lowest BCUT2D eigenvalue weighted by molar-refractivity contribution is 0.0697. The summed E-state index contributed by atoms with van der Waals surface area (Å²) in [7, 11) is 0. The van der Waals surface area contributed by atoms with Crippen LogP contribution in [0, 0.1) is 0 Å². The van der Waals surface area contributed by atoms with Crippen molar-refractivity contribution < 1.29 is 19.4 Å². The van der Waals surface area contributed by atoms with Gasteiger partial charge >= 0.3 is 5.97 Å². The van der Waals surface area contributed by atoms with Gasteiger partial charge in [0.2, 0.25) is 0 Å². The minimum Gasteiger partial charge on any atom is -0.490 e. The molecule has 0 spiro atoms. The number of aromatic carboxylic acids is 1. The van der Waals surface area contributed by atoms with Gasteiger partial charge in [0.25, 0.3) is 0 Å². The second kappa shape index (κ2) is 6.62. The molecule has 3 aromatic rings. The zero-order chi connectivity index (χ0) is 17.1. The number of hydrogen-bond donors (Lipinski definition) is 2. The van der Waals surface area contributed by atoms with E-state index in [1.807, 2.05) is 32.0 Å². The first-order valence-corrected chi connectivity index (χ1v) is 7.75. The van der Waals surface area contributed by atoms with E-state index in [-0.39, 0.29) is 5.56 Å². The summed E-state index contributed by atoms with van der Waals surface area (Å²) in [6.45, 7) is 4.92. The number of carboxylic acid groups (broad SMARTS) is 1. The van der Waals surface area contributed by atoms with Crippen molar-refractivity contribution in [1.82, 2.24) is 9.97 Å². The Morgan fingerprint density at radius 2 is 1.83 bits per heavy atom. The molecule has 0 aliphatic rings. The van der Waals surface area contributed by atoms with E-state index in [9.17, 15) is 4.79 Å². The van der Waals surface area contributed by atoms with Gasteiger partial charge in [-0.15, -0.1) is 0 Å². The van der Waals surface area contributed by atoms with Crippen LogP contribution in [0.4, 0.5) is 0 Å². The number of fused-ring (bicyclic) bond motifs is 1. The van der Waals surface area contributed by atoms with Gasteiger partial charge in [-0.25, -0.2) is 9.78 Å². The van der Waals surface area contributed by atoms with Crippen LogP contribution in [0.3, 0.4) is 0 Å². The summed E-state index contributed by atoms with van der Waals surface area (Å²) >= 11 is 0. The predicted molar refractivity (Wildman–Crippen MR) is 90.8 cm³/mol. The molecule has 124 valence electrons. The first-order chi connectivity index (χ1) is 11.6.